The number of hydrogen-bond acceptors (Lipinski definition) is 5. The van der Waals surface area contributed by atoms with Gasteiger partial charge in [0.15, 0.2) is 0 Å². The first-order valence-corrected chi connectivity index (χ1v) is 6.36. The van der Waals surface area contributed by atoms with Crippen molar-refractivity contribution >= 4 is 23.1 Å². The largest absolute Gasteiger partial charge is 0.478 e. The molecule has 0 heterocycles. The second-order valence-corrected chi connectivity index (χ2v) is 4.50. The van der Waals surface area contributed by atoms with Crippen molar-refractivity contribution in [1.29, 1.82) is 0 Å². The van der Waals surface area contributed by atoms with Crippen LogP contribution < -0.4 is 5.43 Å². The molecule has 0 bridgehead atoms. The molecule has 0 unspecified atom stereocenters. The Morgan fingerprint density at radius 2 is 1.64 bits per heavy atom. The quantitative estimate of drug-likeness (QED) is 0.501. The first kappa shape index (κ1) is 15.2. The molecule has 112 valence electrons. The Labute approximate surface area is 126 Å². The topological polar surface area (TPSA) is 105 Å². The molecule has 0 aliphatic rings. The number of hydrogen-bond donors (Lipinski definition) is 2. The maximum Gasteiger partial charge on any atom is 0.335 e. The number of benzene rings is 2. The lowest BCUT2D eigenvalue weighted by Crippen LogP contribution is -2.01. The van der Waals surface area contributed by atoms with E-state index in [0.717, 1.165) is 5.56 Å². The zero-order valence-electron chi connectivity index (χ0n) is 11.7. The number of aromatic carboxylic acids is 1. The van der Waals surface area contributed by atoms with Crippen LogP contribution in [0.4, 0.5) is 11.4 Å². The van der Waals surface area contributed by atoms with Crippen LogP contribution in [-0.4, -0.2) is 21.7 Å². The van der Waals surface area contributed by atoms with E-state index in [9.17, 15) is 14.9 Å². The first-order valence-electron chi connectivity index (χ1n) is 6.36. The predicted molar refractivity (Wildman–Crippen MR) is 82.3 cm³/mol. The fourth-order valence-corrected chi connectivity index (χ4v) is 1.72. The van der Waals surface area contributed by atoms with Crippen molar-refractivity contribution in [2.75, 3.05) is 5.43 Å². The van der Waals surface area contributed by atoms with Crippen LogP contribution in [0.2, 0.25) is 0 Å². The summed E-state index contributed by atoms with van der Waals surface area (Å²) < 4.78 is 0. The van der Waals surface area contributed by atoms with Gasteiger partial charge in [0.2, 0.25) is 0 Å². The van der Waals surface area contributed by atoms with E-state index >= 15 is 0 Å². The SMILES string of the molecule is C/C(=N\Nc1ccc(C(=O)O)cc1)c1ccc([N+](=O)[O-])cc1. The van der Waals surface area contributed by atoms with Gasteiger partial charge >= 0.3 is 5.97 Å². The number of nitrogens with one attached hydrogen (secondary N) is 1. The molecule has 0 aromatic heterocycles. The molecule has 0 fully saturated rings. The van der Waals surface area contributed by atoms with Gasteiger partial charge in [0.05, 0.1) is 21.9 Å². The summed E-state index contributed by atoms with van der Waals surface area (Å²) in [4.78, 5) is 20.9. The Bertz CT molecular complexity index is 721. The minimum Gasteiger partial charge on any atom is -0.478 e. The summed E-state index contributed by atoms with van der Waals surface area (Å²) in [5, 5.41) is 23.6. The summed E-state index contributed by atoms with van der Waals surface area (Å²) >= 11 is 0. The average Bonchev–Trinajstić information content (AvgIpc) is 2.53. The van der Waals surface area contributed by atoms with Crippen LogP contribution in [0.1, 0.15) is 22.8 Å². The highest BCUT2D eigenvalue weighted by molar-refractivity contribution is 5.99. The number of nitro groups is 1. The molecule has 0 amide bonds. The Balaban J connectivity index is 2.08. The molecule has 0 aliphatic carbocycles. The van der Waals surface area contributed by atoms with E-state index in [4.69, 9.17) is 5.11 Å². The smallest absolute Gasteiger partial charge is 0.335 e. The molecule has 2 aromatic carbocycles. The maximum absolute atomic E-state index is 10.7. The number of nitrogens with zero attached hydrogens (tertiary/aromatic N) is 2. The molecule has 2 aromatic rings. The Kier molecular flexibility index (Phi) is 4.47. The minimum atomic E-state index is -0.989. The fraction of sp³-hybridized carbons (Fsp3) is 0.0667. The molecular formula is C15H13N3O4. The normalized spacial score (nSPS) is 11.0. The summed E-state index contributed by atoms with van der Waals surface area (Å²) in [5.41, 5.74) is 5.07. The average molecular weight is 299 g/mol. The number of nitro benzene ring substituents is 1. The molecule has 7 heteroatoms. The summed E-state index contributed by atoms with van der Waals surface area (Å²) in [5.74, 6) is -0.989. The van der Waals surface area contributed by atoms with Crippen molar-refractivity contribution < 1.29 is 14.8 Å². The van der Waals surface area contributed by atoms with Crippen LogP contribution in [0, 0.1) is 10.1 Å². The standard InChI is InChI=1S/C15H13N3O4/c1-10(11-4-8-14(9-5-11)18(21)22)16-17-13-6-2-12(3-7-13)15(19)20/h2-9,17H,1H3,(H,19,20)/b16-10+. The van der Waals surface area contributed by atoms with E-state index in [1.165, 1.54) is 24.3 Å². The van der Waals surface area contributed by atoms with E-state index in [1.54, 1.807) is 31.2 Å². The highest BCUT2D eigenvalue weighted by Crippen LogP contribution is 2.13. The first-order chi connectivity index (χ1) is 10.5. The van der Waals surface area contributed by atoms with Crippen molar-refractivity contribution in [3.8, 4) is 0 Å². The Hall–Kier alpha value is -3.22. The molecular weight excluding hydrogens is 286 g/mol. The lowest BCUT2D eigenvalue weighted by Gasteiger charge is -2.04. The molecule has 0 radical (unpaired) electrons. The number of rotatable bonds is 5. The van der Waals surface area contributed by atoms with Gasteiger partial charge in [-0.2, -0.15) is 5.10 Å². The molecule has 0 saturated carbocycles. The van der Waals surface area contributed by atoms with E-state index in [-0.39, 0.29) is 11.3 Å². The van der Waals surface area contributed by atoms with E-state index in [2.05, 4.69) is 10.5 Å². The molecule has 0 aliphatic heterocycles. The second-order valence-electron chi connectivity index (χ2n) is 4.50. The zero-order chi connectivity index (χ0) is 16.1. The van der Waals surface area contributed by atoms with Crippen molar-refractivity contribution in [3.05, 3.63) is 69.8 Å². The lowest BCUT2D eigenvalue weighted by molar-refractivity contribution is -0.384. The molecule has 0 spiro atoms. The van der Waals surface area contributed by atoms with Gasteiger partial charge in [-0.25, -0.2) is 4.79 Å². The van der Waals surface area contributed by atoms with Gasteiger partial charge in [-0.05, 0) is 48.9 Å². The van der Waals surface area contributed by atoms with Gasteiger partial charge in [-0.15, -0.1) is 0 Å². The van der Waals surface area contributed by atoms with E-state index in [0.29, 0.717) is 11.4 Å². The van der Waals surface area contributed by atoms with Crippen molar-refractivity contribution in [2.24, 2.45) is 5.10 Å². The number of anilines is 1. The summed E-state index contributed by atoms with van der Waals surface area (Å²) in [6, 6.07) is 12.2. The highest BCUT2D eigenvalue weighted by Gasteiger charge is 2.05. The van der Waals surface area contributed by atoms with Crippen LogP contribution in [0.5, 0.6) is 0 Å². The van der Waals surface area contributed by atoms with Crippen LogP contribution in [-0.2, 0) is 0 Å². The van der Waals surface area contributed by atoms with Crippen LogP contribution in [0.15, 0.2) is 53.6 Å². The third kappa shape index (κ3) is 3.66. The van der Waals surface area contributed by atoms with Gasteiger partial charge in [-0.1, -0.05) is 0 Å². The third-order valence-electron chi connectivity index (χ3n) is 2.98. The van der Waals surface area contributed by atoms with Gasteiger partial charge in [0.1, 0.15) is 0 Å². The van der Waals surface area contributed by atoms with Crippen LogP contribution in [0.3, 0.4) is 0 Å². The van der Waals surface area contributed by atoms with Crippen molar-refractivity contribution in [1.82, 2.24) is 0 Å². The summed E-state index contributed by atoms with van der Waals surface area (Å²) in [7, 11) is 0. The number of carbonyl (C=O) groups is 1. The number of non-ortho nitro benzene ring substituents is 1. The minimum absolute atomic E-state index is 0.0220. The lowest BCUT2D eigenvalue weighted by atomic mass is 10.1. The third-order valence-corrected chi connectivity index (χ3v) is 2.98. The molecule has 7 nitrogen and oxygen atoms in total. The number of carboxylic acids is 1. The highest BCUT2D eigenvalue weighted by atomic mass is 16.6. The van der Waals surface area contributed by atoms with Crippen LogP contribution in [0.25, 0.3) is 0 Å². The second kappa shape index (κ2) is 6.49. The molecule has 2 rings (SSSR count). The van der Waals surface area contributed by atoms with Crippen molar-refractivity contribution in [2.45, 2.75) is 6.92 Å². The monoisotopic (exact) mass is 299 g/mol. The molecule has 22 heavy (non-hydrogen) atoms. The van der Waals surface area contributed by atoms with Gasteiger partial charge in [0, 0.05) is 12.1 Å². The summed E-state index contributed by atoms with van der Waals surface area (Å²) in [6.45, 7) is 1.76. The van der Waals surface area contributed by atoms with Gasteiger partial charge in [-0.3, -0.25) is 15.5 Å². The van der Waals surface area contributed by atoms with E-state index < -0.39 is 10.9 Å². The Morgan fingerprint density at radius 1 is 1.09 bits per heavy atom. The molecule has 2 N–H and O–H groups in total. The fourth-order valence-electron chi connectivity index (χ4n) is 1.72. The Morgan fingerprint density at radius 3 is 2.14 bits per heavy atom. The van der Waals surface area contributed by atoms with Crippen molar-refractivity contribution in [3.63, 3.8) is 0 Å². The molecule has 0 saturated heterocycles. The predicted octanol–water partition coefficient (Wildman–Crippen LogP) is 3.13. The van der Waals surface area contributed by atoms with Crippen LogP contribution >= 0.6 is 0 Å². The number of hydrazone groups is 1. The molecule has 0 atom stereocenters. The zero-order valence-corrected chi connectivity index (χ0v) is 11.7. The van der Waals surface area contributed by atoms with E-state index in [1.807, 2.05) is 0 Å². The maximum atomic E-state index is 10.7. The van der Waals surface area contributed by atoms with Gasteiger partial charge < -0.3 is 5.11 Å². The number of carboxylic acid groups (broad SMARTS) is 1. The summed E-state index contributed by atoms with van der Waals surface area (Å²) in [6.07, 6.45) is 0. The van der Waals surface area contributed by atoms with Gasteiger partial charge in [0.25, 0.3) is 5.69 Å².